The fourth-order valence-corrected chi connectivity index (χ4v) is 3.94. The van der Waals surface area contributed by atoms with E-state index in [0.717, 1.165) is 51.0 Å². The fourth-order valence-electron chi connectivity index (χ4n) is 3.94. The van der Waals surface area contributed by atoms with Crippen molar-refractivity contribution >= 4 is 16.8 Å². The molecule has 1 aliphatic heterocycles. The Morgan fingerprint density at radius 3 is 2.72 bits per heavy atom. The maximum absolute atomic E-state index is 13.2. The van der Waals surface area contributed by atoms with Crippen molar-refractivity contribution in [1.82, 2.24) is 14.9 Å². The van der Waals surface area contributed by atoms with E-state index in [9.17, 15) is 4.79 Å². The monoisotopic (exact) mass is 379 g/mol. The van der Waals surface area contributed by atoms with Gasteiger partial charge in [-0.2, -0.15) is 0 Å². The molecule has 0 unspecified atom stereocenters. The molecule has 0 fully saturated rings. The van der Waals surface area contributed by atoms with Gasteiger partial charge < -0.3 is 4.90 Å². The minimum atomic E-state index is 0.0822. The Hall–Kier alpha value is -3.53. The summed E-state index contributed by atoms with van der Waals surface area (Å²) in [5.41, 5.74) is 6.73. The van der Waals surface area contributed by atoms with Gasteiger partial charge in [0, 0.05) is 42.4 Å². The number of nitrogens with zero attached hydrogens (tertiary/aromatic N) is 3. The molecule has 5 rings (SSSR count). The van der Waals surface area contributed by atoms with E-state index in [4.69, 9.17) is 4.98 Å². The van der Waals surface area contributed by atoms with Gasteiger partial charge in [0.2, 0.25) is 0 Å². The van der Waals surface area contributed by atoms with Gasteiger partial charge in [-0.25, -0.2) is 0 Å². The number of pyridine rings is 2. The van der Waals surface area contributed by atoms with Crippen molar-refractivity contribution in [2.75, 3.05) is 6.54 Å². The average Bonchev–Trinajstić information content (AvgIpc) is 3.08. The molecule has 4 nitrogen and oxygen atoms in total. The molecule has 0 radical (unpaired) electrons. The molecular formula is C25H21N3O. The molecule has 2 aromatic heterocycles. The Morgan fingerprint density at radius 1 is 0.966 bits per heavy atom. The number of benzene rings is 2. The number of hydrogen-bond donors (Lipinski definition) is 0. The Balaban J connectivity index is 1.38. The molecule has 0 spiro atoms. The van der Waals surface area contributed by atoms with Crippen LogP contribution in [0.4, 0.5) is 0 Å². The highest BCUT2D eigenvalue weighted by Crippen LogP contribution is 2.32. The number of carbonyl (C=O) groups is 1. The summed E-state index contributed by atoms with van der Waals surface area (Å²) in [7, 11) is 0. The quantitative estimate of drug-likeness (QED) is 0.511. The van der Waals surface area contributed by atoms with Crippen LogP contribution in [0.15, 0.2) is 72.9 Å². The lowest BCUT2D eigenvalue weighted by Gasteiger charge is -2.15. The van der Waals surface area contributed by atoms with Crippen LogP contribution < -0.4 is 0 Å². The van der Waals surface area contributed by atoms with E-state index in [1.54, 1.807) is 0 Å². The van der Waals surface area contributed by atoms with E-state index in [1.165, 1.54) is 0 Å². The smallest absolute Gasteiger partial charge is 0.255 e. The summed E-state index contributed by atoms with van der Waals surface area (Å²) in [5.74, 6) is 0.0822. The Kier molecular flexibility index (Phi) is 4.32. The zero-order chi connectivity index (χ0) is 19.8. The van der Waals surface area contributed by atoms with Crippen molar-refractivity contribution in [2.24, 2.45) is 0 Å². The fraction of sp³-hybridized carbons (Fsp3) is 0.160. The summed E-state index contributed by atoms with van der Waals surface area (Å²) in [6, 6.07) is 22.3. The number of aromatic nitrogens is 2. The van der Waals surface area contributed by atoms with Gasteiger partial charge in [0.15, 0.2) is 0 Å². The van der Waals surface area contributed by atoms with Gasteiger partial charge in [0.1, 0.15) is 0 Å². The van der Waals surface area contributed by atoms with Crippen LogP contribution in [0.3, 0.4) is 0 Å². The van der Waals surface area contributed by atoms with E-state index in [0.29, 0.717) is 13.1 Å². The summed E-state index contributed by atoms with van der Waals surface area (Å²) < 4.78 is 0. The summed E-state index contributed by atoms with van der Waals surface area (Å²) in [6.45, 7) is 3.31. The number of amides is 1. The highest BCUT2D eigenvalue weighted by molar-refractivity contribution is 6.04. The summed E-state index contributed by atoms with van der Waals surface area (Å²) in [5, 5.41) is 1.14. The Bertz CT molecular complexity index is 1210. The first-order valence-electron chi connectivity index (χ1n) is 9.88. The van der Waals surface area contributed by atoms with Crippen molar-refractivity contribution in [2.45, 2.75) is 19.9 Å². The van der Waals surface area contributed by atoms with Gasteiger partial charge >= 0.3 is 0 Å². The zero-order valence-corrected chi connectivity index (χ0v) is 16.3. The lowest BCUT2D eigenvalue weighted by Crippen LogP contribution is -2.26. The van der Waals surface area contributed by atoms with Crippen LogP contribution in [0, 0.1) is 6.92 Å². The third-order valence-corrected chi connectivity index (χ3v) is 5.49. The lowest BCUT2D eigenvalue weighted by atomic mass is 10.00. The summed E-state index contributed by atoms with van der Waals surface area (Å²) in [4.78, 5) is 24.3. The highest BCUT2D eigenvalue weighted by atomic mass is 16.2. The first kappa shape index (κ1) is 17.6. The topological polar surface area (TPSA) is 46.1 Å². The number of hydrogen-bond acceptors (Lipinski definition) is 3. The normalized spacial score (nSPS) is 13.1. The molecule has 142 valence electrons. The van der Waals surface area contributed by atoms with Crippen molar-refractivity contribution in [3.05, 3.63) is 95.3 Å². The predicted molar refractivity (Wildman–Crippen MR) is 115 cm³/mol. The molecular weight excluding hydrogens is 358 g/mol. The van der Waals surface area contributed by atoms with Crippen molar-refractivity contribution < 1.29 is 4.79 Å². The van der Waals surface area contributed by atoms with Crippen LogP contribution in [0.5, 0.6) is 0 Å². The maximum atomic E-state index is 13.2. The second-order valence-corrected chi connectivity index (χ2v) is 7.53. The number of carbonyl (C=O) groups excluding carboxylic acids is 1. The van der Waals surface area contributed by atoms with E-state index in [2.05, 4.69) is 23.2 Å². The molecule has 0 saturated heterocycles. The molecule has 4 aromatic rings. The molecule has 0 N–H and O–H groups in total. The van der Waals surface area contributed by atoms with E-state index in [-0.39, 0.29) is 5.91 Å². The largest absolute Gasteiger partial charge is 0.334 e. The third-order valence-electron chi connectivity index (χ3n) is 5.49. The highest BCUT2D eigenvalue weighted by Gasteiger charge is 2.30. The van der Waals surface area contributed by atoms with Crippen LogP contribution >= 0.6 is 0 Å². The Labute approximate surface area is 169 Å². The second-order valence-electron chi connectivity index (χ2n) is 7.53. The zero-order valence-electron chi connectivity index (χ0n) is 16.3. The molecule has 0 atom stereocenters. The number of para-hydroxylation sites is 1. The first-order valence-corrected chi connectivity index (χ1v) is 9.88. The number of aryl methyl sites for hydroxylation is 1. The van der Waals surface area contributed by atoms with Gasteiger partial charge in [-0.05, 0) is 36.2 Å². The van der Waals surface area contributed by atoms with Crippen molar-refractivity contribution in [3.8, 4) is 11.3 Å². The van der Waals surface area contributed by atoms with Crippen molar-refractivity contribution in [3.63, 3.8) is 0 Å². The Morgan fingerprint density at radius 2 is 1.86 bits per heavy atom. The van der Waals surface area contributed by atoms with Crippen LogP contribution in [0.25, 0.3) is 22.2 Å². The lowest BCUT2D eigenvalue weighted by molar-refractivity contribution is 0.0780. The van der Waals surface area contributed by atoms with Crippen LogP contribution in [0.2, 0.25) is 0 Å². The van der Waals surface area contributed by atoms with Gasteiger partial charge in [-0.3, -0.25) is 14.8 Å². The summed E-state index contributed by atoms with van der Waals surface area (Å²) >= 11 is 0. The molecule has 0 bridgehead atoms. The van der Waals surface area contributed by atoms with Crippen LogP contribution in [-0.4, -0.2) is 27.3 Å². The maximum Gasteiger partial charge on any atom is 0.255 e. The third kappa shape index (κ3) is 3.27. The van der Waals surface area contributed by atoms with Gasteiger partial charge in [-0.15, -0.1) is 0 Å². The minimum absolute atomic E-state index is 0.0822. The molecule has 0 aliphatic carbocycles. The number of fused-ring (bicyclic) bond motifs is 2. The van der Waals surface area contributed by atoms with Gasteiger partial charge in [0.25, 0.3) is 5.91 Å². The van der Waals surface area contributed by atoms with Crippen LogP contribution in [-0.2, 0) is 13.0 Å². The summed E-state index contributed by atoms with van der Waals surface area (Å²) in [6.07, 6.45) is 2.58. The standard InChI is InChI=1S/C25H21N3O/c1-17-9-12-23(26-15-17)21-7-4-6-19-16-28(25(29)24(19)21)14-13-20-11-10-18-5-2-3-8-22(18)27-20/h2-12,15H,13-14,16H2,1H3. The molecule has 1 aliphatic rings. The SMILES string of the molecule is Cc1ccc(-c2cccc3c2C(=O)N(CCc2ccc4ccccc4n2)C3)nc1. The first-order chi connectivity index (χ1) is 14.2. The van der Waals surface area contributed by atoms with Gasteiger partial charge in [-0.1, -0.05) is 48.5 Å². The van der Waals surface area contributed by atoms with E-state index >= 15 is 0 Å². The molecule has 0 saturated carbocycles. The minimum Gasteiger partial charge on any atom is -0.334 e. The predicted octanol–water partition coefficient (Wildman–Crippen LogP) is 4.80. The van der Waals surface area contributed by atoms with Crippen molar-refractivity contribution in [1.29, 1.82) is 0 Å². The second kappa shape index (κ2) is 7.13. The average molecular weight is 379 g/mol. The molecule has 2 aromatic carbocycles. The van der Waals surface area contributed by atoms with E-state index in [1.807, 2.05) is 66.6 Å². The number of rotatable bonds is 4. The molecule has 29 heavy (non-hydrogen) atoms. The molecule has 4 heteroatoms. The van der Waals surface area contributed by atoms with Gasteiger partial charge in [0.05, 0.1) is 16.8 Å². The molecule has 3 heterocycles. The van der Waals surface area contributed by atoms with Crippen LogP contribution in [0.1, 0.15) is 27.2 Å². The molecule has 1 amide bonds. The van der Waals surface area contributed by atoms with E-state index < -0.39 is 0 Å².